The van der Waals surface area contributed by atoms with Gasteiger partial charge in [0.15, 0.2) is 0 Å². The molecule has 0 N–H and O–H groups in total. The second-order valence-electron chi connectivity index (χ2n) is 3.55. The zero-order valence-electron chi connectivity index (χ0n) is 8.83. The van der Waals surface area contributed by atoms with Crippen molar-refractivity contribution in [3.8, 4) is 0 Å². The minimum Gasteiger partial charge on any atom is -0.286 e. The van der Waals surface area contributed by atoms with Crippen molar-refractivity contribution < 1.29 is 4.79 Å². The van der Waals surface area contributed by atoms with Crippen LogP contribution in [0.15, 0.2) is 48.1 Å². The maximum atomic E-state index is 12.2. The number of fused-ring (bicyclic) bond motifs is 1. The molecule has 2 heterocycles. The van der Waals surface area contributed by atoms with Gasteiger partial charge in [-0.25, -0.2) is 9.97 Å². The van der Waals surface area contributed by atoms with Crippen LogP contribution in [0.2, 0.25) is 0 Å². The molecule has 0 saturated carbocycles. The van der Waals surface area contributed by atoms with Gasteiger partial charge in [-0.1, -0.05) is 24.3 Å². The Morgan fingerprint density at radius 2 is 1.94 bits per heavy atom. The molecule has 0 amide bonds. The molecule has 17 heavy (non-hydrogen) atoms. The van der Waals surface area contributed by atoms with Gasteiger partial charge in [-0.15, -0.1) is 11.3 Å². The van der Waals surface area contributed by atoms with Gasteiger partial charge >= 0.3 is 0 Å². The van der Waals surface area contributed by atoms with Crippen molar-refractivity contribution in [3.63, 3.8) is 0 Å². The molecule has 1 aromatic carbocycles. The van der Waals surface area contributed by atoms with Gasteiger partial charge in [0.05, 0.1) is 10.4 Å². The molecule has 0 saturated heterocycles. The molecule has 2 aromatic heterocycles. The van der Waals surface area contributed by atoms with Gasteiger partial charge in [0.2, 0.25) is 5.78 Å². The lowest BCUT2D eigenvalue weighted by molar-refractivity contribution is 0.103. The minimum absolute atomic E-state index is 0.0430. The highest BCUT2D eigenvalue weighted by Gasteiger charge is 2.14. The SMILES string of the molecule is O=C(c1cccs1)c1ncnc2ccccc12. The van der Waals surface area contributed by atoms with E-state index in [1.807, 2.05) is 41.8 Å². The van der Waals surface area contributed by atoms with E-state index in [2.05, 4.69) is 9.97 Å². The summed E-state index contributed by atoms with van der Waals surface area (Å²) in [4.78, 5) is 21.2. The van der Waals surface area contributed by atoms with Crippen molar-refractivity contribution in [1.82, 2.24) is 9.97 Å². The number of nitrogens with zero attached hydrogens (tertiary/aromatic N) is 2. The van der Waals surface area contributed by atoms with Crippen LogP contribution >= 0.6 is 11.3 Å². The van der Waals surface area contributed by atoms with Crippen LogP contribution in [0.4, 0.5) is 0 Å². The summed E-state index contributed by atoms with van der Waals surface area (Å²) < 4.78 is 0. The van der Waals surface area contributed by atoms with Gasteiger partial charge in [-0.05, 0) is 17.5 Å². The number of aromatic nitrogens is 2. The van der Waals surface area contributed by atoms with Crippen LogP contribution in [-0.2, 0) is 0 Å². The van der Waals surface area contributed by atoms with Gasteiger partial charge < -0.3 is 0 Å². The predicted molar refractivity (Wildman–Crippen MR) is 67.3 cm³/mol. The summed E-state index contributed by atoms with van der Waals surface area (Å²) in [5.74, 6) is -0.0430. The number of rotatable bonds is 2. The Kier molecular flexibility index (Phi) is 2.42. The van der Waals surface area contributed by atoms with Gasteiger partial charge in [-0.2, -0.15) is 0 Å². The van der Waals surface area contributed by atoms with E-state index in [-0.39, 0.29) is 5.78 Å². The smallest absolute Gasteiger partial charge is 0.222 e. The highest BCUT2D eigenvalue weighted by atomic mass is 32.1. The summed E-state index contributed by atoms with van der Waals surface area (Å²) in [6.07, 6.45) is 1.43. The Morgan fingerprint density at radius 1 is 1.06 bits per heavy atom. The number of para-hydroxylation sites is 1. The van der Waals surface area contributed by atoms with E-state index in [0.717, 1.165) is 10.9 Å². The average molecular weight is 240 g/mol. The van der Waals surface area contributed by atoms with E-state index >= 15 is 0 Å². The predicted octanol–water partition coefficient (Wildman–Crippen LogP) is 2.92. The molecule has 0 unspecified atom stereocenters. The van der Waals surface area contributed by atoms with Gasteiger partial charge in [0, 0.05) is 5.39 Å². The van der Waals surface area contributed by atoms with Gasteiger partial charge in [0.25, 0.3) is 0 Å². The van der Waals surface area contributed by atoms with E-state index in [1.165, 1.54) is 17.7 Å². The fourth-order valence-electron chi connectivity index (χ4n) is 1.71. The molecule has 3 rings (SSSR count). The molecule has 3 nitrogen and oxygen atoms in total. The molecule has 3 aromatic rings. The third kappa shape index (κ3) is 1.72. The Labute approximate surface area is 102 Å². The lowest BCUT2D eigenvalue weighted by Crippen LogP contribution is -2.03. The summed E-state index contributed by atoms with van der Waals surface area (Å²) in [5.41, 5.74) is 1.26. The zero-order chi connectivity index (χ0) is 11.7. The maximum absolute atomic E-state index is 12.2. The fourth-order valence-corrected chi connectivity index (χ4v) is 2.37. The maximum Gasteiger partial charge on any atom is 0.222 e. The number of carbonyl (C=O) groups excluding carboxylic acids is 1. The number of benzene rings is 1. The Morgan fingerprint density at radius 3 is 2.76 bits per heavy atom. The minimum atomic E-state index is -0.0430. The van der Waals surface area contributed by atoms with E-state index in [0.29, 0.717) is 10.6 Å². The largest absolute Gasteiger partial charge is 0.286 e. The van der Waals surface area contributed by atoms with Crippen LogP contribution in [0.5, 0.6) is 0 Å². The highest BCUT2D eigenvalue weighted by molar-refractivity contribution is 7.12. The molecule has 0 aliphatic carbocycles. The summed E-state index contributed by atoms with van der Waals surface area (Å²) in [6, 6.07) is 11.2. The third-order valence-corrected chi connectivity index (χ3v) is 3.37. The van der Waals surface area contributed by atoms with Crippen LogP contribution in [-0.4, -0.2) is 15.8 Å². The van der Waals surface area contributed by atoms with Crippen molar-refractivity contribution in [2.24, 2.45) is 0 Å². The Bertz CT molecular complexity index is 671. The summed E-state index contributed by atoms with van der Waals surface area (Å²) >= 11 is 1.42. The molecule has 0 radical (unpaired) electrons. The quantitative estimate of drug-likeness (QED) is 0.647. The van der Waals surface area contributed by atoms with Gasteiger partial charge in [-0.3, -0.25) is 4.79 Å². The van der Waals surface area contributed by atoms with Crippen molar-refractivity contribution >= 4 is 28.0 Å². The third-order valence-electron chi connectivity index (χ3n) is 2.50. The highest BCUT2D eigenvalue weighted by Crippen LogP contribution is 2.19. The van der Waals surface area contributed by atoms with Crippen LogP contribution < -0.4 is 0 Å². The van der Waals surface area contributed by atoms with Crippen molar-refractivity contribution in [2.45, 2.75) is 0 Å². The topological polar surface area (TPSA) is 42.9 Å². The van der Waals surface area contributed by atoms with Gasteiger partial charge in [0.1, 0.15) is 12.0 Å². The number of thiophene rings is 1. The van der Waals surface area contributed by atoms with Crippen molar-refractivity contribution in [1.29, 1.82) is 0 Å². The average Bonchev–Trinajstić information content (AvgIpc) is 2.91. The number of carbonyl (C=O) groups is 1. The normalized spacial score (nSPS) is 10.6. The molecule has 0 spiro atoms. The van der Waals surface area contributed by atoms with E-state index in [4.69, 9.17) is 0 Å². The van der Waals surface area contributed by atoms with Crippen LogP contribution in [0.25, 0.3) is 10.9 Å². The molecule has 0 aliphatic heterocycles. The summed E-state index contributed by atoms with van der Waals surface area (Å²) in [6.45, 7) is 0. The second kappa shape index (κ2) is 4.07. The second-order valence-corrected chi connectivity index (χ2v) is 4.49. The number of ketones is 1. The Hall–Kier alpha value is -2.07. The first kappa shape index (κ1) is 10.1. The Balaban J connectivity index is 2.21. The summed E-state index contributed by atoms with van der Waals surface area (Å²) in [5, 5.41) is 2.68. The standard InChI is InChI=1S/C13H8N2OS/c16-13(11-6-3-7-17-11)12-9-4-1-2-5-10(9)14-8-15-12/h1-8H. The first-order valence-corrected chi connectivity index (χ1v) is 6.02. The molecule has 0 fully saturated rings. The molecule has 82 valence electrons. The lowest BCUT2D eigenvalue weighted by Gasteiger charge is -2.01. The van der Waals surface area contributed by atoms with Crippen LogP contribution in [0.1, 0.15) is 15.4 Å². The van der Waals surface area contributed by atoms with E-state index in [9.17, 15) is 4.79 Å². The monoisotopic (exact) mass is 240 g/mol. The van der Waals surface area contributed by atoms with Crippen LogP contribution in [0.3, 0.4) is 0 Å². The molecule has 4 heteroatoms. The molecular formula is C13H8N2OS. The zero-order valence-corrected chi connectivity index (χ0v) is 9.65. The molecule has 0 bridgehead atoms. The molecule has 0 aliphatic rings. The van der Waals surface area contributed by atoms with E-state index in [1.54, 1.807) is 0 Å². The first-order valence-electron chi connectivity index (χ1n) is 5.14. The summed E-state index contributed by atoms with van der Waals surface area (Å²) in [7, 11) is 0. The van der Waals surface area contributed by atoms with Crippen LogP contribution in [0, 0.1) is 0 Å². The van der Waals surface area contributed by atoms with E-state index < -0.39 is 0 Å². The first-order chi connectivity index (χ1) is 8.36. The van der Waals surface area contributed by atoms with Crippen molar-refractivity contribution in [3.05, 3.63) is 58.7 Å². The molecule has 0 atom stereocenters. The number of hydrogen-bond acceptors (Lipinski definition) is 4. The lowest BCUT2D eigenvalue weighted by atomic mass is 10.1. The van der Waals surface area contributed by atoms with Crippen molar-refractivity contribution in [2.75, 3.05) is 0 Å². The molecular weight excluding hydrogens is 232 g/mol. The fraction of sp³-hybridized carbons (Fsp3) is 0. The number of hydrogen-bond donors (Lipinski definition) is 0.